The molecule has 0 aromatic heterocycles. The maximum Gasteiger partial charge on any atom is 0.410 e. The summed E-state index contributed by atoms with van der Waals surface area (Å²) in [4.78, 5) is 29.3. The van der Waals surface area contributed by atoms with Crippen LogP contribution >= 0.6 is 0 Å². The number of piperidine rings is 1. The molecule has 1 N–H and O–H groups in total. The number of piperazine rings is 1. The largest absolute Gasteiger partial charge is 0.445 e. The molecule has 3 fully saturated rings. The lowest BCUT2D eigenvalue weighted by atomic mass is 9.61. The lowest BCUT2D eigenvalue weighted by molar-refractivity contribution is -0.0283. The Hall–Kier alpha value is -2.28. The Kier molecular flexibility index (Phi) is 6.87. The Bertz CT molecular complexity index is 874. The fourth-order valence-electron chi connectivity index (χ4n) is 6.04. The van der Waals surface area contributed by atoms with Gasteiger partial charge < -0.3 is 24.6 Å². The molecule has 34 heavy (non-hydrogen) atoms. The molecular formula is C27H41N3O4. The fraction of sp³-hybridized carbons (Fsp3) is 0.704. The van der Waals surface area contributed by atoms with Gasteiger partial charge in [0.15, 0.2) is 0 Å². The zero-order valence-electron chi connectivity index (χ0n) is 21.4. The van der Waals surface area contributed by atoms with Crippen molar-refractivity contribution in [1.82, 2.24) is 15.1 Å². The van der Waals surface area contributed by atoms with Gasteiger partial charge in [0, 0.05) is 37.8 Å². The third-order valence-corrected chi connectivity index (χ3v) is 8.17. The molecule has 0 radical (unpaired) electrons. The predicted molar refractivity (Wildman–Crippen MR) is 131 cm³/mol. The van der Waals surface area contributed by atoms with E-state index < -0.39 is 5.60 Å². The first kappa shape index (κ1) is 24.8. The predicted octanol–water partition coefficient (Wildman–Crippen LogP) is 4.80. The number of likely N-dealkylation sites (tertiary alicyclic amines) is 2. The number of amides is 2. The van der Waals surface area contributed by atoms with Gasteiger partial charge in [0.2, 0.25) is 0 Å². The van der Waals surface area contributed by atoms with Crippen LogP contribution in [0.25, 0.3) is 0 Å². The SMILES string of the molecule is CC(C)(C)OC(=O)N1CC2CCC(C(C)(C)C3CCN(C(=O)OCc4ccccc4)CC3)(C1)N2. The minimum atomic E-state index is -0.494. The van der Waals surface area contributed by atoms with E-state index in [4.69, 9.17) is 9.47 Å². The van der Waals surface area contributed by atoms with Gasteiger partial charge in [-0.15, -0.1) is 0 Å². The zero-order chi connectivity index (χ0) is 24.6. The van der Waals surface area contributed by atoms with Gasteiger partial charge in [-0.1, -0.05) is 44.2 Å². The van der Waals surface area contributed by atoms with Crippen molar-refractivity contribution < 1.29 is 19.1 Å². The third kappa shape index (κ3) is 5.19. The Labute approximate surface area is 204 Å². The lowest BCUT2D eigenvalue weighted by Gasteiger charge is -2.54. The number of nitrogens with one attached hydrogen (secondary N) is 1. The Morgan fingerprint density at radius 2 is 1.68 bits per heavy atom. The van der Waals surface area contributed by atoms with Gasteiger partial charge in [-0.05, 0) is 63.4 Å². The summed E-state index contributed by atoms with van der Waals surface area (Å²) in [7, 11) is 0. The second kappa shape index (κ2) is 9.40. The van der Waals surface area contributed by atoms with Crippen molar-refractivity contribution >= 4 is 12.2 Å². The summed E-state index contributed by atoms with van der Waals surface area (Å²) in [6.07, 6.45) is 3.57. The summed E-state index contributed by atoms with van der Waals surface area (Å²) in [6, 6.07) is 10.1. The molecule has 2 atom stereocenters. The number of fused-ring (bicyclic) bond motifs is 2. The van der Waals surface area contributed by atoms with Crippen molar-refractivity contribution in [3.05, 3.63) is 35.9 Å². The van der Waals surface area contributed by atoms with E-state index >= 15 is 0 Å². The van der Waals surface area contributed by atoms with Crippen LogP contribution in [-0.2, 0) is 16.1 Å². The Morgan fingerprint density at radius 3 is 2.32 bits per heavy atom. The van der Waals surface area contributed by atoms with Gasteiger partial charge in [-0.25, -0.2) is 9.59 Å². The first-order chi connectivity index (χ1) is 16.0. The molecule has 1 aromatic rings. The highest BCUT2D eigenvalue weighted by Crippen LogP contribution is 2.50. The molecule has 0 spiro atoms. The first-order valence-corrected chi connectivity index (χ1v) is 12.7. The van der Waals surface area contributed by atoms with Crippen molar-refractivity contribution in [2.75, 3.05) is 26.2 Å². The van der Waals surface area contributed by atoms with Crippen LogP contribution in [0.5, 0.6) is 0 Å². The van der Waals surface area contributed by atoms with Crippen LogP contribution < -0.4 is 5.32 Å². The fourth-order valence-corrected chi connectivity index (χ4v) is 6.04. The molecule has 2 unspecified atom stereocenters. The minimum Gasteiger partial charge on any atom is -0.445 e. The number of benzene rings is 1. The van der Waals surface area contributed by atoms with Gasteiger partial charge in [-0.2, -0.15) is 0 Å². The zero-order valence-corrected chi connectivity index (χ0v) is 21.4. The average molecular weight is 472 g/mol. The number of carbonyl (C=O) groups is 2. The summed E-state index contributed by atoms with van der Waals surface area (Å²) in [5.74, 6) is 0.454. The number of ether oxygens (including phenoxy) is 2. The van der Waals surface area contributed by atoms with E-state index in [0.29, 0.717) is 44.7 Å². The van der Waals surface area contributed by atoms with Gasteiger partial charge in [0.05, 0.1) is 0 Å². The highest BCUT2D eigenvalue weighted by Gasteiger charge is 2.57. The highest BCUT2D eigenvalue weighted by molar-refractivity contribution is 5.69. The van der Waals surface area contributed by atoms with Crippen LogP contribution in [-0.4, -0.2) is 65.3 Å². The molecule has 3 saturated heterocycles. The van der Waals surface area contributed by atoms with E-state index in [-0.39, 0.29) is 23.1 Å². The molecule has 1 aromatic carbocycles. The normalized spacial score (nSPS) is 25.9. The summed E-state index contributed by atoms with van der Waals surface area (Å²) >= 11 is 0. The van der Waals surface area contributed by atoms with Crippen molar-refractivity contribution in [2.24, 2.45) is 11.3 Å². The number of hydrogen-bond acceptors (Lipinski definition) is 5. The lowest BCUT2D eigenvalue weighted by Crippen LogP contribution is -2.68. The monoisotopic (exact) mass is 471 g/mol. The topological polar surface area (TPSA) is 71.1 Å². The molecule has 2 amide bonds. The number of nitrogens with zero attached hydrogens (tertiary/aromatic N) is 2. The van der Waals surface area contributed by atoms with E-state index in [9.17, 15) is 9.59 Å². The molecule has 188 valence electrons. The van der Waals surface area contributed by atoms with Crippen molar-refractivity contribution in [3.63, 3.8) is 0 Å². The first-order valence-electron chi connectivity index (χ1n) is 12.7. The average Bonchev–Trinajstić information content (AvgIpc) is 3.12. The second-order valence-corrected chi connectivity index (χ2v) is 11.8. The van der Waals surface area contributed by atoms with Crippen LogP contribution in [0.3, 0.4) is 0 Å². The van der Waals surface area contributed by atoms with Crippen LogP contribution in [0.4, 0.5) is 9.59 Å². The number of carbonyl (C=O) groups excluding carboxylic acids is 2. The summed E-state index contributed by atoms with van der Waals surface area (Å²) in [6.45, 7) is 13.5. The van der Waals surface area contributed by atoms with Crippen molar-refractivity contribution in [2.45, 2.75) is 84.1 Å². The van der Waals surface area contributed by atoms with Gasteiger partial charge in [-0.3, -0.25) is 0 Å². The second-order valence-electron chi connectivity index (χ2n) is 11.8. The van der Waals surface area contributed by atoms with E-state index in [0.717, 1.165) is 31.2 Å². The molecular weight excluding hydrogens is 430 g/mol. The molecule has 3 heterocycles. The maximum atomic E-state index is 12.9. The van der Waals surface area contributed by atoms with Gasteiger partial charge in [0.25, 0.3) is 0 Å². The Balaban J connectivity index is 1.36. The molecule has 7 nitrogen and oxygen atoms in total. The molecule has 3 aliphatic rings. The number of hydrogen-bond donors (Lipinski definition) is 1. The highest BCUT2D eigenvalue weighted by atomic mass is 16.6. The number of rotatable bonds is 4. The molecule has 7 heteroatoms. The van der Waals surface area contributed by atoms with Gasteiger partial charge >= 0.3 is 12.2 Å². The van der Waals surface area contributed by atoms with Crippen molar-refractivity contribution in [1.29, 1.82) is 0 Å². The van der Waals surface area contributed by atoms with Crippen LogP contribution in [0.15, 0.2) is 30.3 Å². The smallest absolute Gasteiger partial charge is 0.410 e. The van der Waals surface area contributed by atoms with Crippen LogP contribution in [0, 0.1) is 11.3 Å². The molecule has 3 aliphatic heterocycles. The quantitative estimate of drug-likeness (QED) is 0.683. The molecule has 0 saturated carbocycles. The van der Waals surface area contributed by atoms with Crippen LogP contribution in [0.1, 0.15) is 65.9 Å². The molecule has 2 bridgehead atoms. The Morgan fingerprint density at radius 1 is 1.00 bits per heavy atom. The van der Waals surface area contributed by atoms with E-state index in [1.165, 1.54) is 0 Å². The van der Waals surface area contributed by atoms with E-state index in [1.807, 2.05) is 60.9 Å². The van der Waals surface area contributed by atoms with Gasteiger partial charge in [0.1, 0.15) is 12.2 Å². The maximum absolute atomic E-state index is 12.9. The third-order valence-electron chi connectivity index (χ3n) is 8.17. The summed E-state index contributed by atoms with van der Waals surface area (Å²) in [5, 5.41) is 3.91. The van der Waals surface area contributed by atoms with Crippen LogP contribution in [0.2, 0.25) is 0 Å². The summed E-state index contributed by atoms with van der Waals surface area (Å²) < 4.78 is 11.3. The molecule has 4 rings (SSSR count). The van der Waals surface area contributed by atoms with E-state index in [2.05, 4.69) is 19.2 Å². The minimum absolute atomic E-state index is 0.0253. The standard InChI is InChI=1S/C27H41N3O4/c1-25(2,3)34-24(32)30-17-22-11-14-27(19-30,28-22)26(4,5)21-12-15-29(16-13-21)23(31)33-18-20-9-7-6-8-10-20/h6-10,21-22,28H,11-19H2,1-5H3. The summed E-state index contributed by atoms with van der Waals surface area (Å²) in [5.41, 5.74) is 0.348. The van der Waals surface area contributed by atoms with E-state index in [1.54, 1.807) is 0 Å². The van der Waals surface area contributed by atoms with Crippen molar-refractivity contribution in [3.8, 4) is 0 Å². The molecule has 0 aliphatic carbocycles.